The van der Waals surface area contributed by atoms with Crippen molar-refractivity contribution >= 4 is 29.9 Å². The van der Waals surface area contributed by atoms with E-state index in [0.717, 1.165) is 36.5 Å². The number of nitrogens with one attached hydrogen (secondary N) is 1. The Bertz CT molecular complexity index is 917. The molecule has 1 saturated heterocycles. The normalized spacial score (nSPS) is 15.0. The highest BCUT2D eigenvalue weighted by molar-refractivity contribution is 14.0. The number of likely N-dealkylation sites (tertiary alicyclic amines) is 1. The third kappa shape index (κ3) is 5.59. The van der Waals surface area contributed by atoms with Crippen LogP contribution in [0.2, 0.25) is 0 Å². The molecule has 1 aliphatic heterocycles. The van der Waals surface area contributed by atoms with Crippen molar-refractivity contribution < 1.29 is 0 Å². The van der Waals surface area contributed by atoms with E-state index in [4.69, 9.17) is 0 Å². The Labute approximate surface area is 195 Å². The third-order valence-electron chi connectivity index (χ3n) is 5.55. The number of rotatable bonds is 5. The molecule has 1 N–H and O–H groups in total. The standard InChI is InChI=1S/C23H28N6.HI/c1-24-23(25-17-22-27-26-18-29(22)21-10-6-3-7-11-21)28-14-12-20(13-15-28)16-19-8-4-2-5-9-19;/h2-11,18,20H,12-17H2,1H3,(H,24,25);1H. The first-order valence-electron chi connectivity index (χ1n) is 10.3. The van der Waals surface area contributed by atoms with Crippen LogP contribution in [0.25, 0.3) is 5.69 Å². The van der Waals surface area contributed by atoms with Crippen molar-refractivity contribution in [1.82, 2.24) is 25.0 Å². The molecule has 4 rings (SSSR count). The predicted molar refractivity (Wildman–Crippen MR) is 131 cm³/mol. The number of halogens is 1. The summed E-state index contributed by atoms with van der Waals surface area (Å²) < 4.78 is 2.01. The second-order valence-corrected chi connectivity index (χ2v) is 7.47. The van der Waals surface area contributed by atoms with Gasteiger partial charge in [-0.25, -0.2) is 0 Å². The summed E-state index contributed by atoms with van der Waals surface area (Å²) in [7, 11) is 1.85. The Morgan fingerprint density at radius 2 is 1.70 bits per heavy atom. The SMILES string of the molecule is CN=C(NCc1nncn1-c1ccccc1)N1CCC(Cc2ccccc2)CC1.I. The molecule has 0 saturated carbocycles. The average molecular weight is 516 g/mol. The average Bonchev–Trinajstić information content (AvgIpc) is 3.25. The van der Waals surface area contributed by atoms with Crippen LogP contribution in [0.5, 0.6) is 0 Å². The highest BCUT2D eigenvalue weighted by Gasteiger charge is 2.22. The highest BCUT2D eigenvalue weighted by Crippen LogP contribution is 2.21. The topological polar surface area (TPSA) is 58.3 Å². The molecule has 158 valence electrons. The van der Waals surface area contributed by atoms with E-state index in [1.165, 1.54) is 24.8 Å². The molecule has 0 unspecified atom stereocenters. The van der Waals surface area contributed by atoms with Gasteiger partial charge in [-0.3, -0.25) is 9.56 Å². The molecule has 3 aromatic rings. The first kappa shape index (κ1) is 22.3. The lowest BCUT2D eigenvalue weighted by Gasteiger charge is -2.34. The maximum absolute atomic E-state index is 4.50. The first-order chi connectivity index (χ1) is 14.3. The Morgan fingerprint density at radius 3 is 2.37 bits per heavy atom. The molecule has 1 fully saturated rings. The van der Waals surface area contributed by atoms with E-state index in [2.05, 4.69) is 67.9 Å². The van der Waals surface area contributed by atoms with E-state index in [-0.39, 0.29) is 24.0 Å². The molecule has 0 spiro atoms. The molecule has 2 heterocycles. The van der Waals surface area contributed by atoms with Crippen molar-refractivity contribution in [1.29, 1.82) is 0 Å². The van der Waals surface area contributed by atoms with Gasteiger partial charge in [0.2, 0.25) is 0 Å². The largest absolute Gasteiger partial charge is 0.349 e. The van der Waals surface area contributed by atoms with Crippen molar-refractivity contribution in [3.05, 3.63) is 78.4 Å². The van der Waals surface area contributed by atoms with E-state index in [1.54, 1.807) is 6.33 Å². The van der Waals surface area contributed by atoms with Crippen LogP contribution in [0.15, 0.2) is 72.0 Å². The van der Waals surface area contributed by atoms with Gasteiger partial charge in [0.1, 0.15) is 6.33 Å². The Kier molecular flexibility index (Phi) is 8.24. The summed E-state index contributed by atoms with van der Waals surface area (Å²) in [6, 6.07) is 21.0. The van der Waals surface area contributed by atoms with Gasteiger partial charge in [-0.05, 0) is 42.9 Å². The van der Waals surface area contributed by atoms with Gasteiger partial charge in [-0.15, -0.1) is 34.2 Å². The summed E-state index contributed by atoms with van der Waals surface area (Å²) >= 11 is 0. The number of aliphatic imine (C=N–C) groups is 1. The predicted octanol–water partition coefficient (Wildman–Crippen LogP) is 3.92. The molecule has 0 aliphatic carbocycles. The second-order valence-electron chi connectivity index (χ2n) is 7.47. The van der Waals surface area contributed by atoms with Gasteiger partial charge < -0.3 is 10.2 Å². The number of hydrogen-bond acceptors (Lipinski definition) is 3. The van der Waals surface area contributed by atoms with Gasteiger partial charge in [0.15, 0.2) is 11.8 Å². The fourth-order valence-corrected chi connectivity index (χ4v) is 3.97. The lowest BCUT2D eigenvalue weighted by Crippen LogP contribution is -2.45. The van der Waals surface area contributed by atoms with E-state index < -0.39 is 0 Å². The van der Waals surface area contributed by atoms with Crippen molar-refractivity contribution in [3.63, 3.8) is 0 Å². The molecule has 0 radical (unpaired) electrons. The maximum Gasteiger partial charge on any atom is 0.194 e. The summed E-state index contributed by atoms with van der Waals surface area (Å²) in [5.74, 6) is 2.55. The number of benzene rings is 2. The molecule has 0 bridgehead atoms. The van der Waals surface area contributed by atoms with Crippen LogP contribution in [-0.4, -0.2) is 45.8 Å². The minimum atomic E-state index is 0. The molecule has 7 heteroatoms. The van der Waals surface area contributed by atoms with Crippen molar-refractivity contribution in [2.45, 2.75) is 25.8 Å². The monoisotopic (exact) mass is 516 g/mol. The minimum Gasteiger partial charge on any atom is -0.349 e. The zero-order valence-electron chi connectivity index (χ0n) is 17.3. The number of aromatic nitrogens is 3. The maximum atomic E-state index is 4.50. The van der Waals surface area contributed by atoms with Gasteiger partial charge >= 0.3 is 0 Å². The van der Waals surface area contributed by atoms with Crippen LogP contribution < -0.4 is 5.32 Å². The van der Waals surface area contributed by atoms with Crippen LogP contribution in [0.3, 0.4) is 0 Å². The van der Waals surface area contributed by atoms with Gasteiger partial charge in [0, 0.05) is 25.8 Å². The van der Waals surface area contributed by atoms with E-state index >= 15 is 0 Å². The fraction of sp³-hybridized carbons (Fsp3) is 0.348. The van der Waals surface area contributed by atoms with Crippen molar-refractivity contribution in [3.8, 4) is 5.69 Å². The van der Waals surface area contributed by atoms with Gasteiger partial charge in [-0.2, -0.15) is 0 Å². The van der Waals surface area contributed by atoms with Crippen molar-refractivity contribution in [2.75, 3.05) is 20.1 Å². The summed E-state index contributed by atoms with van der Waals surface area (Å²) in [5.41, 5.74) is 2.50. The second kappa shape index (κ2) is 11.1. The van der Waals surface area contributed by atoms with E-state index in [1.807, 2.05) is 29.8 Å². The van der Waals surface area contributed by atoms with Crippen LogP contribution in [-0.2, 0) is 13.0 Å². The zero-order chi connectivity index (χ0) is 19.9. The Balaban J connectivity index is 0.00000256. The Hall–Kier alpha value is -2.42. The summed E-state index contributed by atoms with van der Waals surface area (Å²) in [4.78, 5) is 6.85. The molecular weight excluding hydrogens is 487 g/mol. The van der Waals surface area contributed by atoms with Gasteiger partial charge in [0.05, 0.1) is 6.54 Å². The zero-order valence-corrected chi connectivity index (χ0v) is 19.6. The lowest BCUT2D eigenvalue weighted by atomic mass is 9.90. The van der Waals surface area contributed by atoms with E-state index in [0.29, 0.717) is 6.54 Å². The molecule has 30 heavy (non-hydrogen) atoms. The first-order valence-corrected chi connectivity index (χ1v) is 10.3. The number of para-hydroxylation sites is 1. The molecular formula is C23H29IN6. The van der Waals surface area contributed by atoms with Crippen LogP contribution in [0, 0.1) is 5.92 Å². The van der Waals surface area contributed by atoms with Gasteiger partial charge in [-0.1, -0.05) is 48.5 Å². The van der Waals surface area contributed by atoms with Crippen LogP contribution in [0.4, 0.5) is 0 Å². The molecule has 1 aliphatic rings. The summed E-state index contributed by atoms with van der Waals surface area (Å²) in [6.45, 7) is 2.65. The van der Waals surface area contributed by atoms with E-state index in [9.17, 15) is 0 Å². The molecule has 2 aromatic carbocycles. The molecule has 0 atom stereocenters. The quantitative estimate of drug-likeness (QED) is 0.318. The summed E-state index contributed by atoms with van der Waals surface area (Å²) in [6.07, 6.45) is 5.30. The Morgan fingerprint density at radius 1 is 1.03 bits per heavy atom. The lowest BCUT2D eigenvalue weighted by molar-refractivity contribution is 0.259. The number of hydrogen-bond donors (Lipinski definition) is 1. The van der Waals surface area contributed by atoms with Crippen LogP contribution >= 0.6 is 24.0 Å². The van der Waals surface area contributed by atoms with Crippen molar-refractivity contribution in [2.24, 2.45) is 10.9 Å². The van der Waals surface area contributed by atoms with Crippen LogP contribution in [0.1, 0.15) is 24.2 Å². The minimum absolute atomic E-state index is 0. The molecule has 1 aromatic heterocycles. The number of guanidine groups is 1. The number of nitrogens with zero attached hydrogens (tertiary/aromatic N) is 5. The third-order valence-corrected chi connectivity index (χ3v) is 5.55. The highest BCUT2D eigenvalue weighted by atomic mass is 127. The smallest absolute Gasteiger partial charge is 0.194 e. The molecule has 0 amide bonds. The molecule has 6 nitrogen and oxygen atoms in total. The summed E-state index contributed by atoms with van der Waals surface area (Å²) in [5, 5.41) is 11.8. The van der Waals surface area contributed by atoms with Gasteiger partial charge in [0.25, 0.3) is 0 Å². The number of piperidine rings is 1. The fourth-order valence-electron chi connectivity index (χ4n) is 3.97.